The van der Waals surface area contributed by atoms with Gasteiger partial charge in [-0.25, -0.2) is 4.98 Å². The van der Waals surface area contributed by atoms with Crippen molar-refractivity contribution in [1.29, 1.82) is 0 Å². The fourth-order valence-corrected chi connectivity index (χ4v) is 4.86. The van der Waals surface area contributed by atoms with Crippen molar-refractivity contribution in [3.8, 4) is 10.4 Å². The van der Waals surface area contributed by atoms with E-state index in [1.165, 1.54) is 29.7 Å². The molecule has 0 radical (unpaired) electrons. The fourth-order valence-electron chi connectivity index (χ4n) is 3.65. The topological polar surface area (TPSA) is 103 Å². The Morgan fingerprint density at radius 2 is 2.00 bits per heavy atom. The molecule has 1 fully saturated rings. The number of hydrogen-bond donors (Lipinski definition) is 4. The van der Waals surface area contributed by atoms with Crippen molar-refractivity contribution < 1.29 is 29.6 Å². The van der Waals surface area contributed by atoms with Gasteiger partial charge >= 0.3 is 0 Å². The van der Waals surface area contributed by atoms with E-state index in [1.807, 2.05) is 12.1 Å². The molecule has 0 spiro atoms. The summed E-state index contributed by atoms with van der Waals surface area (Å²) in [5.41, 5.74) is 1.72. The summed E-state index contributed by atoms with van der Waals surface area (Å²) in [7, 11) is 0. The molecule has 1 aromatic carbocycles. The second-order valence-electron chi connectivity index (χ2n) is 7.49. The molecule has 3 aromatic rings. The lowest BCUT2D eigenvalue weighted by atomic mass is 9.89. The first-order chi connectivity index (χ1) is 14.8. The zero-order valence-corrected chi connectivity index (χ0v) is 17.9. The Balaban J connectivity index is 1.61. The first-order valence-corrected chi connectivity index (χ1v) is 10.9. The minimum Gasteiger partial charge on any atom is -0.394 e. The van der Waals surface area contributed by atoms with Crippen molar-refractivity contribution >= 4 is 22.9 Å². The monoisotopic (exact) mass is 465 g/mol. The molecule has 4 atom stereocenters. The Morgan fingerprint density at radius 1 is 1.19 bits per heavy atom. The number of benzene rings is 1. The summed E-state index contributed by atoms with van der Waals surface area (Å²) < 4.78 is 18.6. The number of ether oxygens (including phenoxy) is 1. The Hall–Kier alpha value is -1.91. The van der Waals surface area contributed by atoms with Crippen molar-refractivity contribution in [2.75, 3.05) is 6.61 Å². The first kappa shape index (κ1) is 22.3. The van der Waals surface area contributed by atoms with E-state index in [2.05, 4.69) is 4.98 Å². The van der Waals surface area contributed by atoms with Gasteiger partial charge in [0.05, 0.1) is 18.8 Å². The fraction of sp³-hybridized carbons (Fsp3) is 0.318. The van der Waals surface area contributed by atoms with E-state index in [0.29, 0.717) is 17.0 Å². The van der Waals surface area contributed by atoms with Gasteiger partial charge in [0.25, 0.3) is 0 Å². The highest BCUT2D eigenvalue weighted by Gasteiger charge is 2.49. The zero-order chi connectivity index (χ0) is 22.2. The third-order valence-electron chi connectivity index (χ3n) is 5.32. The molecule has 1 saturated heterocycles. The van der Waals surface area contributed by atoms with Crippen LogP contribution in [0.25, 0.3) is 10.4 Å². The quantitative estimate of drug-likeness (QED) is 0.432. The summed E-state index contributed by atoms with van der Waals surface area (Å²) in [5, 5.41) is 41.4. The van der Waals surface area contributed by atoms with Gasteiger partial charge in [0.2, 0.25) is 11.7 Å². The number of rotatable bonds is 5. The van der Waals surface area contributed by atoms with Crippen LogP contribution in [0.1, 0.15) is 22.4 Å². The number of pyridine rings is 1. The highest BCUT2D eigenvalue weighted by Crippen LogP contribution is 2.38. The lowest BCUT2D eigenvalue weighted by molar-refractivity contribution is -0.334. The Morgan fingerprint density at radius 3 is 2.71 bits per heavy atom. The Bertz CT molecular complexity index is 1060. The van der Waals surface area contributed by atoms with E-state index < -0.39 is 36.7 Å². The van der Waals surface area contributed by atoms with Crippen molar-refractivity contribution in [1.82, 2.24) is 4.98 Å². The molecule has 164 valence electrons. The van der Waals surface area contributed by atoms with Crippen LogP contribution in [0.5, 0.6) is 0 Å². The molecule has 4 N–H and O–H groups in total. The van der Waals surface area contributed by atoms with E-state index in [0.717, 1.165) is 15.3 Å². The molecule has 1 unspecified atom stereocenters. The van der Waals surface area contributed by atoms with E-state index in [1.54, 1.807) is 18.2 Å². The van der Waals surface area contributed by atoms with Crippen molar-refractivity contribution in [3.05, 3.63) is 75.6 Å². The van der Waals surface area contributed by atoms with Gasteiger partial charge in [-0.1, -0.05) is 17.7 Å². The predicted molar refractivity (Wildman–Crippen MR) is 114 cm³/mol. The van der Waals surface area contributed by atoms with Gasteiger partial charge in [-0.05, 0) is 42.0 Å². The van der Waals surface area contributed by atoms with Crippen LogP contribution in [0.3, 0.4) is 0 Å². The molecule has 9 heteroatoms. The third-order valence-corrected chi connectivity index (χ3v) is 6.82. The Kier molecular flexibility index (Phi) is 6.41. The summed E-state index contributed by atoms with van der Waals surface area (Å²) in [6, 6.07) is 11.5. The van der Waals surface area contributed by atoms with Gasteiger partial charge in [0.1, 0.15) is 6.10 Å². The SMILES string of the molecule is OC[C@@H]1C[C@H](O)[C@@H](O)C(O)(c2ccc(Cl)c(Cc3ccc(-c4ccc(F)nc4)s3)c2)O1. The van der Waals surface area contributed by atoms with Crippen LogP contribution in [-0.2, 0) is 16.9 Å². The number of nitrogens with zero attached hydrogens (tertiary/aromatic N) is 1. The summed E-state index contributed by atoms with van der Waals surface area (Å²) in [6.45, 7) is -0.400. The van der Waals surface area contributed by atoms with Crippen molar-refractivity contribution in [2.24, 2.45) is 0 Å². The summed E-state index contributed by atoms with van der Waals surface area (Å²) in [5.74, 6) is -2.71. The maximum atomic E-state index is 13.1. The average Bonchev–Trinajstić information content (AvgIpc) is 3.22. The van der Waals surface area contributed by atoms with Crippen molar-refractivity contribution in [2.45, 2.75) is 36.9 Å². The van der Waals surface area contributed by atoms with Crippen LogP contribution in [-0.4, -0.2) is 50.3 Å². The van der Waals surface area contributed by atoms with E-state index in [4.69, 9.17) is 16.3 Å². The molecular formula is C22H21ClFNO5S. The highest BCUT2D eigenvalue weighted by atomic mass is 35.5. The molecule has 1 aliphatic heterocycles. The van der Waals surface area contributed by atoms with E-state index in [-0.39, 0.29) is 12.0 Å². The van der Waals surface area contributed by atoms with Gasteiger partial charge in [0.15, 0.2) is 0 Å². The number of aliphatic hydroxyl groups excluding tert-OH is 3. The number of aliphatic hydroxyl groups is 4. The molecule has 0 aliphatic carbocycles. The zero-order valence-electron chi connectivity index (χ0n) is 16.3. The maximum Gasteiger partial charge on any atom is 0.222 e. The van der Waals surface area contributed by atoms with Gasteiger partial charge in [-0.3, -0.25) is 0 Å². The van der Waals surface area contributed by atoms with Gasteiger partial charge < -0.3 is 25.2 Å². The molecule has 0 saturated carbocycles. The second-order valence-corrected chi connectivity index (χ2v) is 9.06. The van der Waals surface area contributed by atoms with Crippen LogP contribution in [0.4, 0.5) is 4.39 Å². The molecule has 0 bridgehead atoms. The summed E-state index contributed by atoms with van der Waals surface area (Å²) in [4.78, 5) is 5.58. The summed E-state index contributed by atoms with van der Waals surface area (Å²) >= 11 is 7.87. The molecule has 2 aromatic heterocycles. The average molecular weight is 466 g/mol. The molecular weight excluding hydrogens is 445 g/mol. The van der Waals surface area contributed by atoms with Crippen LogP contribution >= 0.6 is 22.9 Å². The van der Waals surface area contributed by atoms with Gasteiger partial charge in [0, 0.05) is 44.9 Å². The standard InChI is InChI=1S/C22H21ClFNO5S/c23-17-4-2-14(22(29)21(28)18(27)9-15(11-26)30-22)7-13(17)8-16-3-5-19(31-16)12-1-6-20(24)25-10-12/h1-7,10,15,18,21,26-29H,8-9,11H2/t15-,18-,21+,22?/m0/s1. The van der Waals surface area contributed by atoms with Crippen LogP contribution < -0.4 is 0 Å². The molecule has 3 heterocycles. The molecule has 4 rings (SSSR count). The number of thiophene rings is 1. The lowest BCUT2D eigenvalue weighted by Crippen LogP contribution is -2.56. The number of halogens is 2. The summed E-state index contributed by atoms with van der Waals surface area (Å²) in [6.07, 6.45) is -1.71. The number of aromatic nitrogens is 1. The second kappa shape index (κ2) is 8.91. The molecule has 6 nitrogen and oxygen atoms in total. The first-order valence-electron chi connectivity index (χ1n) is 9.67. The van der Waals surface area contributed by atoms with Crippen LogP contribution in [0.2, 0.25) is 5.02 Å². The van der Waals surface area contributed by atoms with E-state index >= 15 is 0 Å². The largest absolute Gasteiger partial charge is 0.394 e. The third kappa shape index (κ3) is 4.51. The highest BCUT2D eigenvalue weighted by molar-refractivity contribution is 7.15. The van der Waals surface area contributed by atoms with Crippen molar-refractivity contribution in [3.63, 3.8) is 0 Å². The smallest absolute Gasteiger partial charge is 0.222 e. The van der Waals surface area contributed by atoms with E-state index in [9.17, 15) is 24.8 Å². The molecule has 31 heavy (non-hydrogen) atoms. The predicted octanol–water partition coefficient (Wildman–Crippen LogP) is 2.84. The van der Waals surface area contributed by atoms with Crippen LogP contribution in [0.15, 0.2) is 48.7 Å². The van der Waals surface area contributed by atoms with Gasteiger partial charge in [-0.15, -0.1) is 11.3 Å². The number of hydrogen-bond acceptors (Lipinski definition) is 7. The van der Waals surface area contributed by atoms with Gasteiger partial charge in [-0.2, -0.15) is 4.39 Å². The van der Waals surface area contributed by atoms with Crippen LogP contribution in [0, 0.1) is 5.95 Å². The lowest BCUT2D eigenvalue weighted by Gasteiger charge is -2.43. The molecule has 1 aliphatic rings. The maximum absolute atomic E-state index is 13.1. The molecule has 0 amide bonds. The minimum atomic E-state index is -2.18. The Labute approximate surface area is 187 Å². The minimum absolute atomic E-state index is 0.0106. The normalized spacial score (nSPS) is 26.2.